The first-order chi connectivity index (χ1) is 6.97. The second kappa shape index (κ2) is 4.08. The fourth-order valence-corrected chi connectivity index (χ4v) is 3.35. The Morgan fingerprint density at radius 2 is 1.60 bits per heavy atom. The van der Waals surface area contributed by atoms with Gasteiger partial charge in [0.1, 0.15) is 0 Å². The minimum Gasteiger partial charge on any atom is -0.314 e. The van der Waals surface area contributed by atoms with Gasteiger partial charge in [0.15, 0.2) is 0 Å². The zero-order chi connectivity index (χ0) is 11.1. The maximum atomic E-state index is 3.80. The lowest BCUT2D eigenvalue weighted by atomic mass is 9.80. The molecule has 2 aliphatic carbocycles. The predicted molar refractivity (Wildman–Crippen MR) is 65.9 cm³/mol. The van der Waals surface area contributed by atoms with E-state index >= 15 is 0 Å². The average molecular weight is 209 g/mol. The van der Waals surface area contributed by atoms with Crippen molar-refractivity contribution in [3.05, 3.63) is 0 Å². The van der Waals surface area contributed by atoms with E-state index in [0.29, 0.717) is 5.41 Å². The zero-order valence-electron chi connectivity index (χ0n) is 10.8. The van der Waals surface area contributed by atoms with Crippen molar-refractivity contribution in [2.24, 2.45) is 23.2 Å². The summed E-state index contributed by atoms with van der Waals surface area (Å²) in [5.41, 5.74) is 0.638. The van der Waals surface area contributed by atoms with Gasteiger partial charge in [-0.15, -0.1) is 0 Å². The Bertz CT molecular complexity index is 211. The molecular weight excluding hydrogens is 182 g/mol. The van der Waals surface area contributed by atoms with Gasteiger partial charge in [0.25, 0.3) is 0 Å². The highest BCUT2D eigenvalue weighted by Crippen LogP contribution is 2.51. The van der Waals surface area contributed by atoms with E-state index in [0.717, 1.165) is 23.8 Å². The molecule has 1 nitrogen and oxygen atoms in total. The van der Waals surface area contributed by atoms with Crippen LogP contribution in [0.15, 0.2) is 0 Å². The van der Waals surface area contributed by atoms with E-state index in [1.807, 2.05) is 0 Å². The van der Waals surface area contributed by atoms with Crippen molar-refractivity contribution in [3.63, 3.8) is 0 Å². The van der Waals surface area contributed by atoms with Crippen LogP contribution in [0.25, 0.3) is 0 Å². The van der Waals surface area contributed by atoms with Gasteiger partial charge in [-0.05, 0) is 55.4 Å². The third-order valence-electron chi connectivity index (χ3n) is 4.55. The van der Waals surface area contributed by atoms with Crippen LogP contribution in [-0.4, -0.2) is 12.6 Å². The summed E-state index contributed by atoms with van der Waals surface area (Å²) in [7, 11) is 0. The van der Waals surface area contributed by atoms with Crippen LogP contribution < -0.4 is 5.32 Å². The summed E-state index contributed by atoms with van der Waals surface area (Å²) in [5.74, 6) is 2.81. The van der Waals surface area contributed by atoms with Crippen molar-refractivity contribution < 1.29 is 0 Å². The Balaban J connectivity index is 1.71. The molecule has 15 heavy (non-hydrogen) atoms. The third-order valence-corrected chi connectivity index (χ3v) is 4.55. The molecule has 2 saturated carbocycles. The maximum absolute atomic E-state index is 3.80. The van der Waals surface area contributed by atoms with Crippen molar-refractivity contribution in [3.8, 4) is 0 Å². The van der Waals surface area contributed by atoms with Crippen LogP contribution in [-0.2, 0) is 0 Å². The van der Waals surface area contributed by atoms with E-state index in [1.54, 1.807) is 0 Å². The van der Waals surface area contributed by atoms with Gasteiger partial charge in [0.05, 0.1) is 0 Å². The molecule has 3 unspecified atom stereocenters. The third kappa shape index (κ3) is 2.96. The molecule has 88 valence electrons. The summed E-state index contributed by atoms with van der Waals surface area (Å²) in [6.07, 6.45) is 5.67. The first-order valence-electron chi connectivity index (χ1n) is 6.71. The largest absolute Gasteiger partial charge is 0.314 e. The molecule has 0 aliphatic heterocycles. The molecule has 0 heterocycles. The Labute approximate surface area is 95.0 Å². The summed E-state index contributed by atoms with van der Waals surface area (Å²) in [4.78, 5) is 0. The predicted octanol–water partition coefficient (Wildman–Crippen LogP) is 3.45. The van der Waals surface area contributed by atoms with Crippen LogP contribution in [0.4, 0.5) is 0 Å². The van der Waals surface area contributed by atoms with Crippen molar-refractivity contribution in [1.29, 1.82) is 0 Å². The molecule has 0 spiro atoms. The van der Waals surface area contributed by atoms with Crippen molar-refractivity contribution in [2.45, 2.75) is 59.4 Å². The van der Waals surface area contributed by atoms with Crippen molar-refractivity contribution in [1.82, 2.24) is 5.32 Å². The van der Waals surface area contributed by atoms with E-state index < -0.39 is 0 Å². The molecule has 1 N–H and O–H groups in total. The van der Waals surface area contributed by atoms with Crippen LogP contribution >= 0.6 is 0 Å². The van der Waals surface area contributed by atoms with Gasteiger partial charge in [-0.3, -0.25) is 0 Å². The van der Waals surface area contributed by atoms with E-state index in [1.165, 1.54) is 32.2 Å². The van der Waals surface area contributed by atoms with E-state index in [2.05, 4.69) is 33.0 Å². The highest BCUT2D eigenvalue weighted by Gasteiger charge is 2.45. The summed E-state index contributed by atoms with van der Waals surface area (Å²) < 4.78 is 0. The number of rotatable bonds is 3. The van der Waals surface area contributed by atoms with Gasteiger partial charge in [-0.1, -0.05) is 27.7 Å². The Hall–Kier alpha value is -0.0400. The molecule has 0 bridgehead atoms. The van der Waals surface area contributed by atoms with E-state index in [9.17, 15) is 0 Å². The smallest absolute Gasteiger partial charge is 0.00722 e. The van der Waals surface area contributed by atoms with Crippen LogP contribution in [0.3, 0.4) is 0 Å². The highest BCUT2D eigenvalue weighted by molar-refractivity contribution is 4.97. The second-order valence-corrected chi connectivity index (χ2v) is 6.91. The van der Waals surface area contributed by atoms with Gasteiger partial charge in [-0.25, -0.2) is 0 Å². The molecule has 3 atom stereocenters. The molecule has 0 saturated heterocycles. The average Bonchev–Trinajstić information content (AvgIpc) is 2.69. The summed E-state index contributed by atoms with van der Waals surface area (Å²) in [6, 6.07) is 0.806. The fourth-order valence-electron chi connectivity index (χ4n) is 3.35. The van der Waals surface area contributed by atoms with E-state index in [4.69, 9.17) is 0 Å². The minimum absolute atomic E-state index is 0.638. The summed E-state index contributed by atoms with van der Waals surface area (Å²) in [6.45, 7) is 10.9. The molecule has 1 heteroatoms. The topological polar surface area (TPSA) is 12.0 Å². The van der Waals surface area contributed by atoms with E-state index in [-0.39, 0.29) is 0 Å². The quantitative estimate of drug-likeness (QED) is 0.750. The molecular formula is C14H27N. The summed E-state index contributed by atoms with van der Waals surface area (Å²) >= 11 is 0. The standard InChI is InChI=1S/C14H27N/c1-10-5-11(2)7-13(6-10)15-9-12-8-14(12,3)4/h10-13,15H,5-9H2,1-4H3. The van der Waals surface area contributed by atoms with Gasteiger partial charge in [0, 0.05) is 6.04 Å². The van der Waals surface area contributed by atoms with Gasteiger partial charge >= 0.3 is 0 Å². The van der Waals surface area contributed by atoms with Gasteiger partial charge < -0.3 is 5.32 Å². The van der Waals surface area contributed by atoms with Gasteiger partial charge in [0.2, 0.25) is 0 Å². The van der Waals surface area contributed by atoms with Crippen LogP contribution in [0, 0.1) is 23.2 Å². The molecule has 0 amide bonds. The number of hydrogen-bond acceptors (Lipinski definition) is 1. The minimum atomic E-state index is 0.638. The molecule has 2 fully saturated rings. The van der Waals surface area contributed by atoms with Crippen molar-refractivity contribution >= 4 is 0 Å². The molecule has 0 aromatic rings. The van der Waals surface area contributed by atoms with Crippen molar-refractivity contribution in [2.75, 3.05) is 6.54 Å². The number of hydrogen-bond donors (Lipinski definition) is 1. The van der Waals surface area contributed by atoms with Gasteiger partial charge in [-0.2, -0.15) is 0 Å². The van der Waals surface area contributed by atoms with Crippen LogP contribution in [0.1, 0.15) is 53.4 Å². The number of nitrogens with one attached hydrogen (secondary N) is 1. The van der Waals surface area contributed by atoms with Crippen LogP contribution in [0.2, 0.25) is 0 Å². The first kappa shape index (κ1) is 11.4. The molecule has 2 aliphatic rings. The molecule has 0 aromatic carbocycles. The Morgan fingerprint density at radius 1 is 1.07 bits per heavy atom. The molecule has 0 radical (unpaired) electrons. The normalized spacial score (nSPS) is 44.0. The van der Waals surface area contributed by atoms with Crippen LogP contribution in [0.5, 0.6) is 0 Å². The molecule has 0 aromatic heterocycles. The Morgan fingerprint density at radius 3 is 2.07 bits per heavy atom. The lowest BCUT2D eigenvalue weighted by Gasteiger charge is -2.32. The lowest BCUT2D eigenvalue weighted by Crippen LogP contribution is -2.37. The maximum Gasteiger partial charge on any atom is 0.00722 e. The fraction of sp³-hybridized carbons (Fsp3) is 1.00. The lowest BCUT2D eigenvalue weighted by molar-refractivity contribution is 0.236. The molecule has 2 rings (SSSR count). The highest BCUT2D eigenvalue weighted by atomic mass is 14.9. The second-order valence-electron chi connectivity index (χ2n) is 6.91. The monoisotopic (exact) mass is 209 g/mol. The SMILES string of the molecule is CC1CC(C)CC(NCC2CC2(C)C)C1. The zero-order valence-corrected chi connectivity index (χ0v) is 10.8. The Kier molecular flexibility index (Phi) is 3.12. The first-order valence-corrected chi connectivity index (χ1v) is 6.71. The summed E-state index contributed by atoms with van der Waals surface area (Å²) in [5, 5.41) is 3.80.